The number of fused-ring (bicyclic) bond motifs is 1. The number of nitrogens with one attached hydrogen (secondary N) is 2. The molecule has 0 radical (unpaired) electrons. The third kappa shape index (κ3) is 2.81. The molecule has 0 spiro atoms. The summed E-state index contributed by atoms with van der Waals surface area (Å²) in [6.07, 6.45) is 0. The predicted octanol–water partition coefficient (Wildman–Crippen LogP) is 2.28. The Morgan fingerprint density at radius 1 is 0.875 bits per heavy atom. The molecule has 2 aromatic carbocycles. The first kappa shape index (κ1) is 16.0. The van der Waals surface area contributed by atoms with Crippen LogP contribution in [-0.4, -0.2) is 29.8 Å². The number of aliphatic hydroxyl groups excluding tert-OH is 1. The largest absolute Gasteiger partial charge is 0.395 e. The van der Waals surface area contributed by atoms with Gasteiger partial charge in [0.1, 0.15) is 11.4 Å². The van der Waals surface area contributed by atoms with Crippen molar-refractivity contribution in [2.45, 2.75) is 6.92 Å². The number of para-hydroxylation sites is 1. The molecule has 122 valence electrons. The van der Waals surface area contributed by atoms with Gasteiger partial charge < -0.3 is 15.7 Å². The maximum absolute atomic E-state index is 12.9. The Morgan fingerprint density at radius 3 is 2.08 bits per heavy atom. The molecular formula is C19H18N2O3. The van der Waals surface area contributed by atoms with Crippen LogP contribution in [0.2, 0.25) is 0 Å². The highest BCUT2D eigenvalue weighted by atomic mass is 16.3. The summed E-state index contributed by atoms with van der Waals surface area (Å²) in [5.74, 6) is -0.497. The van der Waals surface area contributed by atoms with Crippen LogP contribution in [0.1, 0.15) is 26.3 Å². The molecule has 0 fully saturated rings. The molecule has 1 aliphatic rings. The maximum atomic E-state index is 12.9. The normalized spacial score (nSPS) is 13.8. The molecule has 24 heavy (non-hydrogen) atoms. The topological polar surface area (TPSA) is 78.4 Å². The number of carbonyl (C=O) groups is 2. The van der Waals surface area contributed by atoms with Crippen molar-refractivity contribution in [3.05, 3.63) is 76.6 Å². The van der Waals surface area contributed by atoms with Crippen LogP contribution in [0.3, 0.4) is 0 Å². The number of rotatable bonds is 5. The Labute approximate surface area is 140 Å². The summed E-state index contributed by atoms with van der Waals surface area (Å²) in [6, 6.07) is 14.3. The van der Waals surface area contributed by atoms with Gasteiger partial charge in [0, 0.05) is 23.4 Å². The number of hydrogen-bond acceptors (Lipinski definition) is 5. The minimum atomic E-state index is -0.255. The van der Waals surface area contributed by atoms with Crippen molar-refractivity contribution in [2.75, 3.05) is 18.5 Å². The standard InChI is InChI=1S/C19H18N2O3/c1-12-6-2-5-9-15(12)21-17-16(20-10-11-22)18(23)13-7-3-4-8-14(13)19(17)24/h2-9,20-22H,10-11H2,1H3. The van der Waals surface area contributed by atoms with Gasteiger partial charge in [0.15, 0.2) is 0 Å². The van der Waals surface area contributed by atoms with Gasteiger partial charge in [-0.25, -0.2) is 0 Å². The van der Waals surface area contributed by atoms with Crippen molar-refractivity contribution in [3.8, 4) is 0 Å². The summed E-state index contributed by atoms with van der Waals surface area (Å²) >= 11 is 0. The van der Waals surface area contributed by atoms with Gasteiger partial charge in [0.05, 0.1) is 6.61 Å². The highest BCUT2D eigenvalue weighted by Crippen LogP contribution is 2.27. The van der Waals surface area contributed by atoms with E-state index in [4.69, 9.17) is 5.11 Å². The van der Waals surface area contributed by atoms with Crippen molar-refractivity contribution >= 4 is 17.3 Å². The van der Waals surface area contributed by atoms with Crippen molar-refractivity contribution in [3.63, 3.8) is 0 Å². The lowest BCUT2D eigenvalue weighted by atomic mass is 9.90. The Hall–Kier alpha value is -2.92. The van der Waals surface area contributed by atoms with E-state index in [0.29, 0.717) is 11.1 Å². The van der Waals surface area contributed by atoms with Gasteiger partial charge in [-0.05, 0) is 18.6 Å². The van der Waals surface area contributed by atoms with E-state index in [1.165, 1.54) is 0 Å². The van der Waals surface area contributed by atoms with Crippen LogP contribution < -0.4 is 10.6 Å². The zero-order chi connectivity index (χ0) is 17.1. The third-order valence-electron chi connectivity index (χ3n) is 3.94. The summed E-state index contributed by atoms with van der Waals surface area (Å²) in [5.41, 5.74) is 2.88. The van der Waals surface area contributed by atoms with E-state index >= 15 is 0 Å². The molecule has 0 bridgehead atoms. The fraction of sp³-hybridized carbons (Fsp3) is 0.158. The number of benzene rings is 2. The van der Waals surface area contributed by atoms with Gasteiger partial charge in [0.25, 0.3) is 0 Å². The van der Waals surface area contributed by atoms with E-state index in [2.05, 4.69) is 10.6 Å². The monoisotopic (exact) mass is 322 g/mol. The number of aryl methyl sites for hydroxylation is 1. The highest BCUT2D eigenvalue weighted by molar-refractivity contribution is 6.27. The van der Waals surface area contributed by atoms with E-state index in [1.807, 2.05) is 31.2 Å². The molecule has 0 atom stereocenters. The first-order valence-electron chi connectivity index (χ1n) is 7.73. The number of aliphatic hydroxyl groups is 1. The van der Waals surface area contributed by atoms with Gasteiger partial charge in [-0.1, -0.05) is 42.5 Å². The van der Waals surface area contributed by atoms with E-state index in [9.17, 15) is 9.59 Å². The number of hydrogen-bond donors (Lipinski definition) is 3. The first-order valence-corrected chi connectivity index (χ1v) is 7.73. The van der Waals surface area contributed by atoms with Crippen LogP contribution in [0.25, 0.3) is 0 Å². The summed E-state index contributed by atoms with van der Waals surface area (Å²) < 4.78 is 0. The number of ketones is 2. The molecule has 5 heteroatoms. The molecule has 2 aromatic rings. The molecule has 0 saturated carbocycles. The molecule has 0 unspecified atom stereocenters. The number of Topliss-reactive ketones (excluding diaryl/α,β-unsaturated/α-hetero) is 2. The average Bonchev–Trinajstić information content (AvgIpc) is 2.61. The second-order valence-electron chi connectivity index (χ2n) is 5.54. The van der Waals surface area contributed by atoms with Crippen molar-refractivity contribution in [1.29, 1.82) is 0 Å². The molecule has 5 nitrogen and oxygen atoms in total. The van der Waals surface area contributed by atoms with Gasteiger partial charge in [-0.3, -0.25) is 9.59 Å². The molecule has 3 N–H and O–H groups in total. The number of allylic oxidation sites excluding steroid dienone is 2. The molecule has 0 aromatic heterocycles. The van der Waals surface area contributed by atoms with E-state index in [1.54, 1.807) is 24.3 Å². The summed E-state index contributed by atoms with van der Waals surface area (Å²) in [7, 11) is 0. The number of anilines is 1. The fourth-order valence-corrected chi connectivity index (χ4v) is 2.69. The minimum absolute atomic E-state index is 0.135. The van der Waals surface area contributed by atoms with Crippen molar-refractivity contribution in [1.82, 2.24) is 5.32 Å². The lowest BCUT2D eigenvalue weighted by Gasteiger charge is -2.23. The van der Waals surface area contributed by atoms with Crippen LogP contribution in [0.5, 0.6) is 0 Å². The Morgan fingerprint density at radius 2 is 1.46 bits per heavy atom. The van der Waals surface area contributed by atoms with Gasteiger partial charge in [-0.2, -0.15) is 0 Å². The maximum Gasteiger partial charge on any atom is 0.212 e. The summed E-state index contributed by atoms with van der Waals surface area (Å²) in [4.78, 5) is 25.6. The number of carbonyl (C=O) groups excluding carboxylic acids is 2. The van der Waals surface area contributed by atoms with Gasteiger partial charge in [-0.15, -0.1) is 0 Å². The molecule has 0 saturated heterocycles. The SMILES string of the molecule is Cc1ccccc1NC1=C(NCCO)C(=O)c2ccccc2C1=O. The van der Waals surface area contributed by atoms with Crippen LogP contribution in [0.4, 0.5) is 5.69 Å². The van der Waals surface area contributed by atoms with E-state index < -0.39 is 0 Å². The highest BCUT2D eigenvalue weighted by Gasteiger charge is 2.32. The molecule has 0 heterocycles. The summed E-state index contributed by atoms with van der Waals surface area (Å²) in [6.45, 7) is 1.98. The van der Waals surface area contributed by atoms with Crippen LogP contribution in [0.15, 0.2) is 59.9 Å². The second kappa shape index (κ2) is 6.68. The van der Waals surface area contributed by atoms with Crippen molar-refractivity contribution in [2.24, 2.45) is 0 Å². The van der Waals surface area contributed by atoms with Gasteiger partial charge >= 0.3 is 0 Å². The average molecular weight is 322 g/mol. The predicted molar refractivity (Wildman–Crippen MR) is 92.0 cm³/mol. The van der Waals surface area contributed by atoms with Crippen LogP contribution >= 0.6 is 0 Å². The quantitative estimate of drug-likeness (QED) is 0.787. The second-order valence-corrected chi connectivity index (χ2v) is 5.54. The smallest absolute Gasteiger partial charge is 0.212 e. The Kier molecular flexibility index (Phi) is 4.44. The molecule has 3 rings (SSSR count). The van der Waals surface area contributed by atoms with Crippen molar-refractivity contribution < 1.29 is 14.7 Å². The minimum Gasteiger partial charge on any atom is -0.395 e. The zero-order valence-corrected chi connectivity index (χ0v) is 13.3. The first-order chi connectivity index (χ1) is 11.6. The van der Waals surface area contributed by atoms with Crippen LogP contribution in [0, 0.1) is 6.92 Å². The lowest BCUT2D eigenvalue weighted by Crippen LogP contribution is -2.34. The van der Waals surface area contributed by atoms with Gasteiger partial charge in [0.2, 0.25) is 11.6 Å². The molecule has 0 amide bonds. The molecule has 1 aliphatic carbocycles. The lowest BCUT2D eigenvalue weighted by molar-refractivity contribution is 0.0968. The molecule has 0 aliphatic heterocycles. The summed E-state index contributed by atoms with van der Waals surface area (Å²) in [5, 5.41) is 15.0. The van der Waals surface area contributed by atoms with E-state index in [0.717, 1.165) is 11.3 Å². The molecular weight excluding hydrogens is 304 g/mol. The third-order valence-corrected chi connectivity index (χ3v) is 3.94. The van der Waals surface area contributed by atoms with E-state index in [-0.39, 0.29) is 36.1 Å². The zero-order valence-electron chi connectivity index (χ0n) is 13.3. The Balaban J connectivity index is 2.08. The fourth-order valence-electron chi connectivity index (χ4n) is 2.69. The van der Waals surface area contributed by atoms with Crippen LogP contribution in [-0.2, 0) is 0 Å². The Bertz CT molecular complexity index is 840.